The summed E-state index contributed by atoms with van der Waals surface area (Å²) in [5.74, 6) is -0.217. The predicted molar refractivity (Wildman–Crippen MR) is 39.8 cm³/mol. The van der Waals surface area contributed by atoms with Crippen molar-refractivity contribution in [3.63, 3.8) is 0 Å². The third-order valence-electron chi connectivity index (χ3n) is 1.05. The van der Waals surface area contributed by atoms with Gasteiger partial charge in [-0.3, -0.25) is 10.1 Å². The smallest absolute Gasteiger partial charge is 0.872 e. The van der Waals surface area contributed by atoms with E-state index in [2.05, 4.69) is 0 Å². The van der Waals surface area contributed by atoms with Gasteiger partial charge < -0.3 is 16.1 Å². The van der Waals surface area contributed by atoms with Crippen LogP contribution in [0.5, 0.6) is 5.75 Å². The first-order chi connectivity index (χ1) is 4.70. The molecule has 13 heavy (non-hydrogen) atoms. The molecule has 0 aliphatic heterocycles. The first-order valence-electron chi connectivity index (χ1n) is 2.61. The Kier molecular flexibility index (Phi) is 10.4. The molecule has 6 nitrogen and oxygen atoms in total. The fourth-order valence-electron chi connectivity index (χ4n) is 0.568. The normalized spacial score (nSPS) is 7.08. The molecule has 0 saturated carbocycles. The maximum absolute atomic E-state index is 10.4. The molecule has 1 rings (SSSR count). The predicted octanol–water partition coefficient (Wildman–Crippen LogP) is -3.98. The number of hydrogen-bond acceptors (Lipinski definition) is 3. The molecule has 0 fully saturated rings. The monoisotopic (exact) mass is 181 g/mol. The van der Waals surface area contributed by atoms with Crippen LogP contribution in [-0.2, 0) is 0 Å². The summed E-state index contributed by atoms with van der Waals surface area (Å²) in [5, 5.41) is 20.4. The van der Waals surface area contributed by atoms with Gasteiger partial charge >= 0.3 is 18.9 Å². The Morgan fingerprint density at radius 1 is 1.08 bits per heavy atom. The number of nitro benzene ring substituents is 1. The van der Waals surface area contributed by atoms with Crippen molar-refractivity contribution in [2.75, 3.05) is 0 Å². The molecule has 0 saturated heterocycles. The van der Waals surface area contributed by atoms with Gasteiger partial charge in [0.1, 0.15) is 0 Å². The van der Waals surface area contributed by atoms with Crippen LogP contribution in [0.25, 0.3) is 0 Å². The molecule has 0 aromatic heterocycles. The Bertz CT molecular complexity index is 250. The second-order valence-electron chi connectivity index (χ2n) is 1.75. The Hall–Kier alpha value is -1.06. The maximum Gasteiger partial charge on any atom is 1.00 e. The van der Waals surface area contributed by atoms with E-state index in [0.29, 0.717) is 0 Å². The summed E-state index contributed by atoms with van der Waals surface area (Å²) < 4.78 is 0. The number of benzene rings is 1. The van der Waals surface area contributed by atoms with E-state index in [1.54, 1.807) is 0 Å². The Labute approximate surface area is 86.1 Å². The quantitative estimate of drug-likeness (QED) is 0.248. The zero-order chi connectivity index (χ0) is 7.56. The first kappa shape index (κ1) is 17.9. The van der Waals surface area contributed by atoms with E-state index < -0.39 is 4.92 Å². The SMILES string of the molecule is O.O.O=[N+]([O-])c1ccc([O-])cc1.[Li+]. The molecule has 0 spiro atoms. The van der Waals surface area contributed by atoms with Crippen LogP contribution in [0.4, 0.5) is 5.69 Å². The molecule has 0 amide bonds. The van der Waals surface area contributed by atoms with Crippen molar-refractivity contribution in [2.24, 2.45) is 0 Å². The van der Waals surface area contributed by atoms with Gasteiger partial charge in [0.2, 0.25) is 0 Å². The molecule has 0 heterocycles. The van der Waals surface area contributed by atoms with Gasteiger partial charge in [0.15, 0.2) is 0 Å². The van der Waals surface area contributed by atoms with Crippen LogP contribution in [0.3, 0.4) is 0 Å². The summed E-state index contributed by atoms with van der Waals surface area (Å²) in [5.41, 5.74) is -0.0559. The molecular formula is C6H8LiNO5. The van der Waals surface area contributed by atoms with Gasteiger partial charge in [0, 0.05) is 12.1 Å². The number of nitrogens with zero attached hydrogens (tertiary/aromatic N) is 1. The summed E-state index contributed by atoms with van der Waals surface area (Å²) in [6, 6.07) is 4.70. The molecule has 1 aromatic carbocycles. The minimum Gasteiger partial charge on any atom is -0.872 e. The number of rotatable bonds is 1. The van der Waals surface area contributed by atoms with Crippen molar-refractivity contribution in [1.82, 2.24) is 0 Å². The van der Waals surface area contributed by atoms with E-state index >= 15 is 0 Å². The van der Waals surface area contributed by atoms with Gasteiger partial charge in [0.05, 0.1) is 4.92 Å². The van der Waals surface area contributed by atoms with Crippen LogP contribution in [-0.4, -0.2) is 15.9 Å². The fraction of sp³-hybridized carbons (Fsp3) is 0. The zero-order valence-electron chi connectivity index (χ0n) is 6.98. The minimum absolute atomic E-state index is 0. The number of non-ortho nitro benzene ring substituents is 1. The molecule has 0 aliphatic rings. The Morgan fingerprint density at radius 3 is 1.77 bits per heavy atom. The third kappa shape index (κ3) is 5.22. The van der Waals surface area contributed by atoms with Crippen LogP contribution in [0, 0.1) is 10.1 Å². The second-order valence-corrected chi connectivity index (χ2v) is 1.75. The Morgan fingerprint density at radius 2 is 1.46 bits per heavy atom. The van der Waals surface area contributed by atoms with Crippen LogP contribution in [0.1, 0.15) is 0 Å². The molecule has 0 atom stereocenters. The van der Waals surface area contributed by atoms with Crippen LogP contribution < -0.4 is 24.0 Å². The summed E-state index contributed by atoms with van der Waals surface area (Å²) in [7, 11) is 0. The van der Waals surface area contributed by atoms with E-state index in [9.17, 15) is 15.2 Å². The minimum atomic E-state index is -0.542. The summed E-state index contributed by atoms with van der Waals surface area (Å²) in [6.07, 6.45) is 0. The van der Waals surface area contributed by atoms with Gasteiger partial charge in [-0.05, 0) is 0 Å². The molecule has 68 valence electrons. The van der Waals surface area contributed by atoms with Crippen molar-refractivity contribution in [3.05, 3.63) is 34.4 Å². The van der Waals surface area contributed by atoms with Crippen LogP contribution >= 0.6 is 0 Å². The summed E-state index contributed by atoms with van der Waals surface area (Å²) in [6.45, 7) is 0. The largest absolute Gasteiger partial charge is 1.00 e. The van der Waals surface area contributed by atoms with E-state index in [1.807, 2.05) is 0 Å². The summed E-state index contributed by atoms with van der Waals surface area (Å²) in [4.78, 5) is 9.47. The zero-order valence-corrected chi connectivity index (χ0v) is 6.98. The van der Waals surface area contributed by atoms with Gasteiger partial charge in [-0.25, -0.2) is 0 Å². The van der Waals surface area contributed by atoms with Crippen molar-refractivity contribution in [1.29, 1.82) is 0 Å². The first-order valence-corrected chi connectivity index (χ1v) is 2.61. The average molecular weight is 181 g/mol. The van der Waals surface area contributed by atoms with Crippen molar-refractivity contribution < 1.29 is 39.8 Å². The van der Waals surface area contributed by atoms with E-state index in [1.165, 1.54) is 12.1 Å². The van der Waals surface area contributed by atoms with E-state index in [0.717, 1.165) is 12.1 Å². The Balaban J connectivity index is -0.000000333. The molecule has 1 aromatic rings. The molecule has 7 heteroatoms. The number of nitro groups is 1. The fourth-order valence-corrected chi connectivity index (χ4v) is 0.568. The third-order valence-corrected chi connectivity index (χ3v) is 1.05. The molecular weight excluding hydrogens is 173 g/mol. The topological polar surface area (TPSA) is 129 Å². The van der Waals surface area contributed by atoms with E-state index in [-0.39, 0.29) is 41.2 Å². The van der Waals surface area contributed by atoms with Crippen LogP contribution in [0.15, 0.2) is 24.3 Å². The van der Waals surface area contributed by atoms with E-state index in [4.69, 9.17) is 0 Å². The van der Waals surface area contributed by atoms with Gasteiger partial charge in [0.25, 0.3) is 5.69 Å². The van der Waals surface area contributed by atoms with Crippen molar-refractivity contribution in [3.8, 4) is 5.75 Å². The van der Waals surface area contributed by atoms with Gasteiger partial charge in [-0.15, -0.1) is 5.75 Å². The van der Waals surface area contributed by atoms with Crippen molar-refractivity contribution >= 4 is 5.69 Å². The van der Waals surface area contributed by atoms with Gasteiger partial charge in [-0.2, -0.15) is 0 Å². The van der Waals surface area contributed by atoms with Crippen LogP contribution in [0.2, 0.25) is 0 Å². The molecule has 0 aliphatic carbocycles. The molecule has 0 bridgehead atoms. The second kappa shape index (κ2) is 7.58. The molecule has 4 N–H and O–H groups in total. The maximum atomic E-state index is 10.4. The summed E-state index contributed by atoms with van der Waals surface area (Å²) >= 11 is 0. The molecule has 0 unspecified atom stereocenters. The number of hydrogen-bond donors (Lipinski definition) is 0. The molecule has 0 radical (unpaired) electrons. The van der Waals surface area contributed by atoms with Crippen molar-refractivity contribution in [2.45, 2.75) is 0 Å². The van der Waals surface area contributed by atoms with Gasteiger partial charge in [-0.1, -0.05) is 12.1 Å². The standard InChI is InChI=1S/C6H5NO3.Li.2H2O/c8-6-3-1-5(2-4-6)7(9)10;;;/h1-4,8H;;2*1H2/q;+1;;/p-1. The average Bonchev–Trinajstić information content (AvgIpc) is 1.88.